The Balaban J connectivity index is 1.64. The Bertz CT molecular complexity index is 1010. The molecular formula is C20H24ClN7O3. The van der Waals surface area contributed by atoms with Crippen molar-refractivity contribution >= 4 is 34.5 Å². The summed E-state index contributed by atoms with van der Waals surface area (Å²) in [6, 6.07) is 5.64. The van der Waals surface area contributed by atoms with Crippen molar-refractivity contribution in [2.75, 3.05) is 44.7 Å². The highest BCUT2D eigenvalue weighted by atomic mass is 35.5. The molecule has 1 amide bonds. The van der Waals surface area contributed by atoms with Crippen LogP contribution in [0.4, 0.5) is 10.6 Å². The lowest BCUT2D eigenvalue weighted by Crippen LogP contribution is -2.55. The van der Waals surface area contributed by atoms with Gasteiger partial charge >= 0.3 is 12.1 Å². The van der Waals surface area contributed by atoms with E-state index in [1.165, 1.54) is 4.90 Å². The lowest BCUT2D eigenvalue weighted by atomic mass is 10.1. The van der Waals surface area contributed by atoms with E-state index in [0.717, 1.165) is 19.4 Å². The molecule has 0 saturated carbocycles. The second-order valence-electron chi connectivity index (χ2n) is 7.86. The molecule has 11 heteroatoms. The summed E-state index contributed by atoms with van der Waals surface area (Å²) in [6.07, 6.45) is 1.28. The number of carbonyl (C=O) groups is 1. The van der Waals surface area contributed by atoms with E-state index in [1.54, 1.807) is 12.1 Å². The number of halogens is 1. The van der Waals surface area contributed by atoms with Gasteiger partial charge in [-0.3, -0.25) is 0 Å². The first-order valence-electron chi connectivity index (χ1n) is 10.2. The van der Waals surface area contributed by atoms with Crippen LogP contribution in [0.15, 0.2) is 12.1 Å². The van der Waals surface area contributed by atoms with E-state index in [2.05, 4.69) is 33.0 Å². The maximum absolute atomic E-state index is 11.5. The highest BCUT2D eigenvalue weighted by Gasteiger charge is 2.32. The van der Waals surface area contributed by atoms with Crippen molar-refractivity contribution in [2.24, 2.45) is 0 Å². The second kappa shape index (κ2) is 9.08. The van der Waals surface area contributed by atoms with E-state index in [-0.39, 0.29) is 19.0 Å². The van der Waals surface area contributed by atoms with Gasteiger partial charge in [-0.15, -0.1) is 0 Å². The molecule has 2 unspecified atom stereocenters. The summed E-state index contributed by atoms with van der Waals surface area (Å²) in [6.45, 7) is 2.58. The van der Waals surface area contributed by atoms with Crippen molar-refractivity contribution in [1.29, 1.82) is 5.26 Å². The average Bonchev–Trinajstić information content (AvgIpc) is 3.16. The Morgan fingerprint density at radius 1 is 1.29 bits per heavy atom. The van der Waals surface area contributed by atoms with E-state index in [9.17, 15) is 9.90 Å². The third-order valence-corrected chi connectivity index (χ3v) is 6.13. The number of likely N-dealkylation sites (tertiary alicyclic amines) is 1. The summed E-state index contributed by atoms with van der Waals surface area (Å²) in [7, 11) is 2.08. The van der Waals surface area contributed by atoms with Crippen LogP contribution in [0.5, 0.6) is 6.01 Å². The number of likely N-dealkylation sites (N-methyl/N-ethyl adjacent to an activating group) is 1. The minimum absolute atomic E-state index is 0.104. The molecule has 2 aromatic rings. The van der Waals surface area contributed by atoms with Crippen LogP contribution in [0.2, 0.25) is 5.15 Å². The number of nitrogens with zero attached hydrogens (tertiary/aromatic N) is 7. The molecule has 0 bridgehead atoms. The van der Waals surface area contributed by atoms with Crippen LogP contribution in [0.1, 0.15) is 19.3 Å². The number of pyridine rings is 1. The topological polar surface area (TPSA) is 119 Å². The summed E-state index contributed by atoms with van der Waals surface area (Å²) >= 11 is 6.09. The Labute approximate surface area is 185 Å². The maximum Gasteiger partial charge on any atom is 0.407 e. The number of hydrogen-bond donors (Lipinski definition) is 1. The van der Waals surface area contributed by atoms with Gasteiger partial charge in [0.15, 0.2) is 5.65 Å². The number of piperazine rings is 1. The standard InChI is InChI=1S/C20H24ClN7O3/c1-26-8-2-3-14(26)12-31-19-24-17-15(4-5-16(21)23-17)18(25-19)27-9-10-28(20(29)30)13(11-27)6-7-22/h4-5,13-14H,2-3,6,8-12H2,1H3,(H,29,30). The average molecular weight is 446 g/mol. The fraction of sp³-hybridized carbons (Fsp3) is 0.550. The molecule has 2 aliphatic heterocycles. The predicted octanol–water partition coefficient (Wildman–Crippen LogP) is 2.23. The van der Waals surface area contributed by atoms with Gasteiger partial charge in [0.1, 0.15) is 17.6 Å². The first-order valence-corrected chi connectivity index (χ1v) is 10.6. The third kappa shape index (κ3) is 4.57. The molecule has 0 aromatic carbocycles. The van der Waals surface area contributed by atoms with E-state index < -0.39 is 12.1 Å². The fourth-order valence-corrected chi connectivity index (χ4v) is 4.34. The minimum Gasteiger partial charge on any atom is -0.465 e. The van der Waals surface area contributed by atoms with Gasteiger partial charge in [-0.1, -0.05) is 11.6 Å². The number of anilines is 1. The van der Waals surface area contributed by atoms with Crippen molar-refractivity contribution in [3.8, 4) is 12.1 Å². The molecule has 164 valence electrons. The van der Waals surface area contributed by atoms with E-state index in [1.807, 2.05) is 4.90 Å². The highest BCUT2D eigenvalue weighted by Crippen LogP contribution is 2.29. The van der Waals surface area contributed by atoms with Crippen LogP contribution in [0, 0.1) is 11.3 Å². The fourth-order valence-electron chi connectivity index (χ4n) is 4.20. The summed E-state index contributed by atoms with van der Waals surface area (Å²) in [5.74, 6) is 0.608. The summed E-state index contributed by atoms with van der Waals surface area (Å²) in [5.41, 5.74) is 0.421. The monoisotopic (exact) mass is 445 g/mol. The zero-order valence-electron chi connectivity index (χ0n) is 17.2. The number of carboxylic acid groups (broad SMARTS) is 1. The summed E-state index contributed by atoms with van der Waals surface area (Å²) in [5, 5.41) is 19.6. The number of nitriles is 1. The van der Waals surface area contributed by atoms with Crippen molar-refractivity contribution in [3.05, 3.63) is 17.3 Å². The molecule has 1 N–H and O–H groups in total. The third-order valence-electron chi connectivity index (χ3n) is 5.92. The van der Waals surface area contributed by atoms with E-state index >= 15 is 0 Å². The molecule has 0 radical (unpaired) electrons. The molecule has 2 atom stereocenters. The van der Waals surface area contributed by atoms with E-state index in [4.69, 9.17) is 21.6 Å². The van der Waals surface area contributed by atoms with Gasteiger partial charge < -0.3 is 24.5 Å². The van der Waals surface area contributed by atoms with Gasteiger partial charge in [-0.2, -0.15) is 15.2 Å². The quantitative estimate of drug-likeness (QED) is 0.691. The number of ether oxygens (including phenoxy) is 1. The zero-order chi connectivity index (χ0) is 22.0. The molecule has 4 rings (SSSR count). The Morgan fingerprint density at radius 3 is 2.84 bits per heavy atom. The van der Waals surface area contributed by atoms with Gasteiger partial charge in [-0.05, 0) is 38.6 Å². The molecule has 10 nitrogen and oxygen atoms in total. The molecule has 2 saturated heterocycles. The highest BCUT2D eigenvalue weighted by molar-refractivity contribution is 6.29. The van der Waals surface area contributed by atoms with Crippen LogP contribution in [0.3, 0.4) is 0 Å². The van der Waals surface area contributed by atoms with Crippen LogP contribution in [-0.4, -0.2) is 87.9 Å². The molecule has 0 aliphatic carbocycles. The van der Waals surface area contributed by atoms with Gasteiger partial charge in [-0.25, -0.2) is 9.78 Å². The number of aromatic nitrogens is 3. The molecule has 2 aliphatic rings. The largest absolute Gasteiger partial charge is 0.465 e. The zero-order valence-corrected chi connectivity index (χ0v) is 18.0. The Morgan fingerprint density at radius 2 is 2.13 bits per heavy atom. The van der Waals surface area contributed by atoms with Gasteiger partial charge in [0.2, 0.25) is 0 Å². The molecule has 2 aromatic heterocycles. The van der Waals surface area contributed by atoms with Crippen molar-refractivity contribution in [3.63, 3.8) is 0 Å². The lowest BCUT2D eigenvalue weighted by Gasteiger charge is -2.39. The SMILES string of the molecule is CN1CCCC1COc1nc(N2CCN(C(=O)O)C(CC#N)C2)c2ccc(Cl)nc2n1. The number of fused-ring (bicyclic) bond motifs is 1. The van der Waals surface area contributed by atoms with E-state index in [0.29, 0.717) is 47.7 Å². The molecule has 0 spiro atoms. The lowest BCUT2D eigenvalue weighted by molar-refractivity contribution is 0.119. The number of rotatable bonds is 5. The molecule has 31 heavy (non-hydrogen) atoms. The van der Waals surface area contributed by atoms with Crippen molar-refractivity contribution in [1.82, 2.24) is 24.8 Å². The van der Waals surface area contributed by atoms with Crippen molar-refractivity contribution < 1.29 is 14.6 Å². The smallest absolute Gasteiger partial charge is 0.407 e. The molecule has 2 fully saturated rings. The van der Waals surface area contributed by atoms with Gasteiger partial charge in [0.05, 0.1) is 23.9 Å². The first kappa shape index (κ1) is 21.3. The van der Waals surface area contributed by atoms with Crippen LogP contribution < -0.4 is 9.64 Å². The Kier molecular flexibility index (Phi) is 6.25. The second-order valence-corrected chi connectivity index (χ2v) is 8.25. The summed E-state index contributed by atoms with van der Waals surface area (Å²) in [4.78, 5) is 30.5. The van der Waals surface area contributed by atoms with Crippen LogP contribution >= 0.6 is 11.6 Å². The molecular weight excluding hydrogens is 422 g/mol. The minimum atomic E-state index is -1.02. The number of hydrogen-bond acceptors (Lipinski definition) is 8. The normalized spacial score (nSPS) is 22.0. The Hall–Kier alpha value is -2.90. The maximum atomic E-state index is 11.5. The molecule has 4 heterocycles. The summed E-state index contributed by atoms with van der Waals surface area (Å²) < 4.78 is 5.94. The van der Waals surface area contributed by atoms with Gasteiger partial charge in [0, 0.05) is 25.7 Å². The van der Waals surface area contributed by atoms with Crippen LogP contribution in [0.25, 0.3) is 11.0 Å². The first-order chi connectivity index (χ1) is 15.0. The van der Waals surface area contributed by atoms with Crippen LogP contribution in [-0.2, 0) is 0 Å². The number of amides is 1. The van der Waals surface area contributed by atoms with Crippen molar-refractivity contribution in [2.45, 2.75) is 31.3 Å². The predicted molar refractivity (Wildman–Crippen MR) is 114 cm³/mol. The van der Waals surface area contributed by atoms with Gasteiger partial charge in [0.25, 0.3) is 0 Å².